The van der Waals surface area contributed by atoms with Gasteiger partial charge in [0.15, 0.2) is 0 Å². The third-order valence-electron chi connectivity index (χ3n) is 3.15. The van der Waals surface area contributed by atoms with Gasteiger partial charge in [-0.25, -0.2) is 4.98 Å². The minimum absolute atomic E-state index is 0.564. The maximum Gasteiger partial charge on any atom is 0.142 e. The summed E-state index contributed by atoms with van der Waals surface area (Å²) in [6.45, 7) is 1.01. The second kappa shape index (κ2) is 5.53. The molecule has 1 aliphatic rings. The maximum absolute atomic E-state index is 5.66. The molecular formula is C12H18BrN3. The normalized spacial score (nSPS) is 17.3. The molecule has 1 aliphatic carbocycles. The minimum atomic E-state index is 0.564. The first-order valence-corrected chi connectivity index (χ1v) is 6.71. The first-order chi connectivity index (χ1) is 7.75. The smallest absolute Gasteiger partial charge is 0.142 e. The third-order valence-corrected chi connectivity index (χ3v) is 3.79. The Kier molecular flexibility index (Phi) is 4.04. The lowest BCUT2D eigenvalue weighted by molar-refractivity contribution is 0.373. The van der Waals surface area contributed by atoms with E-state index in [0.29, 0.717) is 5.82 Å². The maximum atomic E-state index is 5.66. The predicted molar refractivity (Wildman–Crippen MR) is 71.4 cm³/mol. The van der Waals surface area contributed by atoms with E-state index in [9.17, 15) is 0 Å². The standard InChI is InChI=1S/C12H18BrN3/c13-10-6-7-11(14)16-12(10)15-8-9-4-2-1-3-5-9/h6-7,9H,1-5,8H2,(H3,14,15,16). The van der Waals surface area contributed by atoms with Gasteiger partial charge in [-0.1, -0.05) is 19.3 Å². The van der Waals surface area contributed by atoms with Crippen molar-refractivity contribution in [2.24, 2.45) is 5.92 Å². The average molecular weight is 284 g/mol. The molecule has 0 bridgehead atoms. The highest BCUT2D eigenvalue weighted by Gasteiger charge is 2.13. The molecule has 16 heavy (non-hydrogen) atoms. The van der Waals surface area contributed by atoms with E-state index in [4.69, 9.17) is 5.73 Å². The van der Waals surface area contributed by atoms with Gasteiger partial charge < -0.3 is 11.1 Å². The fraction of sp³-hybridized carbons (Fsp3) is 0.583. The molecule has 0 saturated heterocycles. The molecule has 0 aliphatic heterocycles. The van der Waals surface area contributed by atoms with Crippen LogP contribution in [0.5, 0.6) is 0 Å². The van der Waals surface area contributed by atoms with Crippen molar-refractivity contribution >= 4 is 27.6 Å². The van der Waals surface area contributed by atoms with E-state index in [1.165, 1.54) is 32.1 Å². The molecule has 0 amide bonds. The van der Waals surface area contributed by atoms with Crippen molar-refractivity contribution in [2.75, 3.05) is 17.6 Å². The summed E-state index contributed by atoms with van der Waals surface area (Å²) in [6.07, 6.45) is 6.83. The Hall–Kier alpha value is -0.770. The van der Waals surface area contributed by atoms with Gasteiger partial charge in [0.2, 0.25) is 0 Å². The van der Waals surface area contributed by atoms with Gasteiger partial charge in [0.25, 0.3) is 0 Å². The molecule has 2 rings (SSSR count). The number of nitrogen functional groups attached to an aromatic ring is 1. The first-order valence-electron chi connectivity index (χ1n) is 5.91. The van der Waals surface area contributed by atoms with Gasteiger partial charge in [0.05, 0.1) is 4.47 Å². The highest BCUT2D eigenvalue weighted by molar-refractivity contribution is 9.10. The number of anilines is 2. The highest BCUT2D eigenvalue weighted by atomic mass is 79.9. The summed E-state index contributed by atoms with van der Waals surface area (Å²) >= 11 is 3.47. The Morgan fingerprint density at radius 3 is 2.81 bits per heavy atom. The molecule has 0 spiro atoms. The number of nitrogens with zero attached hydrogens (tertiary/aromatic N) is 1. The number of halogens is 1. The molecule has 3 nitrogen and oxygen atoms in total. The summed E-state index contributed by atoms with van der Waals surface area (Å²) in [7, 11) is 0. The zero-order valence-electron chi connectivity index (χ0n) is 9.38. The van der Waals surface area contributed by atoms with Crippen molar-refractivity contribution in [3.05, 3.63) is 16.6 Å². The van der Waals surface area contributed by atoms with Crippen LogP contribution in [0, 0.1) is 5.92 Å². The molecule has 1 fully saturated rings. The summed E-state index contributed by atoms with van der Waals surface area (Å²) in [6, 6.07) is 3.74. The van der Waals surface area contributed by atoms with Gasteiger partial charge in [-0.05, 0) is 46.8 Å². The van der Waals surface area contributed by atoms with E-state index in [0.717, 1.165) is 22.8 Å². The Balaban J connectivity index is 1.90. The average Bonchev–Trinajstić information content (AvgIpc) is 2.32. The largest absolute Gasteiger partial charge is 0.384 e. The summed E-state index contributed by atoms with van der Waals surface area (Å²) in [5.74, 6) is 2.23. The van der Waals surface area contributed by atoms with Crippen LogP contribution in [0.1, 0.15) is 32.1 Å². The number of nitrogens with one attached hydrogen (secondary N) is 1. The van der Waals surface area contributed by atoms with Gasteiger partial charge in [0.1, 0.15) is 11.6 Å². The second-order valence-electron chi connectivity index (χ2n) is 4.45. The lowest BCUT2D eigenvalue weighted by atomic mass is 9.89. The summed E-state index contributed by atoms with van der Waals surface area (Å²) in [4.78, 5) is 4.28. The lowest BCUT2D eigenvalue weighted by Crippen LogP contribution is -2.18. The molecule has 1 aromatic rings. The van der Waals surface area contributed by atoms with Crippen molar-refractivity contribution in [1.82, 2.24) is 4.98 Å². The van der Waals surface area contributed by atoms with Crippen LogP contribution in [0.3, 0.4) is 0 Å². The Morgan fingerprint density at radius 2 is 2.06 bits per heavy atom. The SMILES string of the molecule is Nc1ccc(Br)c(NCC2CCCCC2)n1. The minimum Gasteiger partial charge on any atom is -0.384 e. The van der Waals surface area contributed by atoms with E-state index in [-0.39, 0.29) is 0 Å². The number of aromatic nitrogens is 1. The molecule has 88 valence electrons. The highest BCUT2D eigenvalue weighted by Crippen LogP contribution is 2.26. The monoisotopic (exact) mass is 283 g/mol. The summed E-state index contributed by atoms with van der Waals surface area (Å²) in [5.41, 5.74) is 5.66. The fourth-order valence-corrected chi connectivity index (χ4v) is 2.57. The van der Waals surface area contributed by atoms with Crippen molar-refractivity contribution in [1.29, 1.82) is 0 Å². The van der Waals surface area contributed by atoms with Crippen LogP contribution in [-0.4, -0.2) is 11.5 Å². The predicted octanol–water partition coefficient (Wildman–Crippen LogP) is 3.42. The number of pyridine rings is 1. The number of rotatable bonds is 3. The van der Waals surface area contributed by atoms with E-state index >= 15 is 0 Å². The van der Waals surface area contributed by atoms with Gasteiger partial charge in [-0.2, -0.15) is 0 Å². The molecule has 0 aromatic carbocycles. The van der Waals surface area contributed by atoms with Crippen molar-refractivity contribution in [3.63, 3.8) is 0 Å². The summed E-state index contributed by atoms with van der Waals surface area (Å²) in [5, 5.41) is 3.39. The van der Waals surface area contributed by atoms with Crippen LogP contribution in [0.15, 0.2) is 16.6 Å². The molecule has 3 N–H and O–H groups in total. The quantitative estimate of drug-likeness (QED) is 0.894. The van der Waals surface area contributed by atoms with Crippen LogP contribution >= 0.6 is 15.9 Å². The molecule has 0 atom stereocenters. The molecular weight excluding hydrogens is 266 g/mol. The topological polar surface area (TPSA) is 50.9 Å². The number of nitrogens with two attached hydrogens (primary N) is 1. The van der Waals surface area contributed by atoms with Crippen LogP contribution in [0.25, 0.3) is 0 Å². The van der Waals surface area contributed by atoms with Gasteiger partial charge >= 0.3 is 0 Å². The van der Waals surface area contributed by atoms with Crippen LogP contribution in [-0.2, 0) is 0 Å². The molecule has 0 radical (unpaired) electrons. The molecule has 1 saturated carbocycles. The molecule has 0 unspecified atom stereocenters. The van der Waals surface area contributed by atoms with Crippen LogP contribution in [0.2, 0.25) is 0 Å². The van der Waals surface area contributed by atoms with Crippen molar-refractivity contribution < 1.29 is 0 Å². The first kappa shape index (κ1) is 11.7. The van der Waals surface area contributed by atoms with Gasteiger partial charge in [-0.15, -0.1) is 0 Å². The Labute approximate surface area is 105 Å². The van der Waals surface area contributed by atoms with Crippen LogP contribution in [0.4, 0.5) is 11.6 Å². The fourth-order valence-electron chi connectivity index (χ4n) is 2.21. The lowest BCUT2D eigenvalue weighted by Gasteiger charge is -2.22. The third kappa shape index (κ3) is 3.11. The zero-order chi connectivity index (χ0) is 11.4. The molecule has 1 heterocycles. The molecule has 4 heteroatoms. The Bertz CT molecular complexity index is 348. The number of hydrogen-bond donors (Lipinski definition) is 2. The van der Waals surface area contributed by atoms with Gasteiger partial charge in [-0.3, -0.25) is 0 Å². The van der Waals surface area contributed by atoms with Crippen molar-refractivity contribution in [2.45, 2.75) is 32.1 Å². The second-order valence-corrected chi connectivity index (χ2v) is 5.31. The van der Waals surface area contributed by atoms with Crippen LogP contribution < -0.4 is 11.1 Å². The Morgan fingerprint density at radius 1 is 1.31 bits per heavy atom. The van der Waals surface area contributed by atoms with Crippen molar-refractivity contribution in [3.8, 4) is 0 Å². The van der Waals surface area contributed by atoms with E-state index < -0.39 is 0 Å². The van der Waals surface area contributed by atoms with E-state index in [1.54, 1.807) is 6.07 Å². The summed E-state index contributed by atoms with van der Waals surface area (Å²) < 4.78 is 0.984. The van der Waals surface area contributed by atoms with E-state index in [1.807, 2.05) is 6.07 Å². The van der Waals surface area contributed by atoms with E-state index in [2.05, 4.69) is 26.2 Å². The van der Waals surface area contributed by atoms with Gasteiger partial charge in [0, 0.05) is 6.54 Å². The zero-order valence-corrected chi connectivity index (χ0v) is 11.0. The number of hydrogen-bond acceptors (Lipinski definition) is 3. The molecule has 1 aromatic heterocycles.